The number of aromatic hydroxyl groups is 2. The van der Waals surface area contributed by atoms with Crippen LogP contribution in [0.5, 0.6) is 11.5 Å². The predicted octanol–water partition coefficient (Wildman–Crippen LogP) is 6.50. The lowest BCUT2D eigenvalue weighted by Crippen LogP contribution is -2.13. The summed E-state index contributed by atoms with van der Waals surface area (Å²) in [6.07, 6.45) is 3.34. The average molecular weight is 700 g/mol. The van der Waals surface area contributed by atoms with Gasteiger partial charge in [-0.2, -0.15) is 0 Å². The Morgan fingerprint density at radius 2 is 1.26 bits per heavy atom. The molecule has 234 valence electrons. The Labute approximate surface area is 280 Å². The van der Waals surface area contributed by atoms with Crippen molar-refractivity contribution in [3.63, 3.8) is 0 Å². The van der Waals surface area contributed by atoms with Crippen LogP contribution in [0.4, 0.5) is 0 Å². The molecule has 4 heterocycles. The second-order valence-electron chi connectivity index (χ2n) is 10.6. The second-order valence-corrected chi connectivity index (χ2v) is 12.1. The molecule has 0 aliphatic rings. The summed E-state index contributed by atoms with van der Waals surface area (Å²) < 4.78 is 4.20. The highest BCUT2D eigenvalue weighted by Gasteiger charge is 2.31. The highest BCUT2D eigenvalue weighted by molar-refractivity contribution is 6.45. The van der Waals surface area contributed by atoms with E-state index in [1.165, 1.54) is 44.3 Å². The number of phenolic OH excluding ortho intramolecular Hbond substituents is 2. The van der Waals surface area contributed by atoms with Crippen molar-refractivity contribution in [2.75, 3.05) is 0 Å². The molecule has 4 aromatic heterocycles. The summed E-state index contributed by atoms with van der Waals surface area (Å²) in [6.45, 7) is 3.50. The first-order chi connectivity index (χ1) is 21.8. The van der Waals surface area contributed by atoms with E-state index >= 15 is 0 Å². The average Bonchev–Trinajstić information content (AvgIpc) is 3.78. The van der Waals surface area contributed by atoms with Gasteiger partial charge in [0.1, 0.15) is 43.9 Å². The van der Waals surface area contributed by atoms with Crippen molar-refractivity contribution < 1.29 is 19.8 Å². The Balaban J connectivity index is 1.46. The number of aromatic nitrogens is 8. The summed E-state index contributed by atoms with van der Waals surface area (Å²) in [5, 5.41) is 37.5. The van der Waals surface area contributed by atoms with Crippen molar-refractivity contribution in [1.82, 2.24) is 39.5 Å². The third-order valence-electron chi connectivity index (χ3n) is 7.39. The normalized spacial score (nSPS) is 11.4. The fourth-order valence-electron chi connectivity index (χ4n) is 5.18. The van der Waals surface area contributed by atoms with Gasteiger partial charge in [0.05, 0.1) is 39.9 Å². The molecule has 6 rings (SSSR count). The summed E-state index contributed by atoms with van der Waals surface area (Å²) in [5.41, 5.74) is 2.85. The van der Waals surface area contributed by atoms with Crippen molar-refractivity contribution in [2.24, 2.45) is 14.1 Å². The number of phenols is 2. The summed E-state index contributed by atoms with van der Waals surface area (Å²) in [6, 6.07) is 7.10. The third kappa shape index (κ3) is 5.22. The van der Waals surface area contributed by atoms with Gasteiger partial charge in [-0.1, -0.05) is 56.8 Å². The lowest BCUT2D eigenvalue weighted by Gasteiger charge is -2.14. The highest BCUT2D eigenvalue weighted by atomic mass is 35.5. The molecule has 0 atom stereocenters. The zero-order valence-electron chi connectivity index (χ0n) is 24.4. The molecule has 0 aliphatic heterocycles. The third-order valence-corrected chi connectivity index (χ3v) is 8.89. The van der Waals surface area contributed by atoms with Gasteiger partial charge in [0.2, 0.25) is 11.6 Å². The van der Waals surface area contributed by atoms with E-state index in [4.69, 9.17) is 46.4 Å². The molecule has 0 unspecified atom stereocenters. The minimum atomic E-state index is -0.707. The van der Waals surface area contributed by atoms with Gasteiger partial charge in [-0.15, -0.1) is 10.2 Å². The van der Waals surface area contributed by atoms with Gasteiger partial charge >= 0.3 is 0 Å². The van der Waals surface area contributed by atoms with Crippen LogP contribution in [-0.2, 0) is 14.1 Å². The van der Waals surface area contributed by atoms with Gasteiger partial charge < -0.3 is 15.2 Å². The number of carbonyl (C=O) groups is 2. The Kier molecular flexibility index (Phi) is 7.93. The van der Waals surface area contributed by atoms with Crippen LogP contribution in [-0.4, -0.2) is 61.3 Å². The Hall–Kier alpha value is -4.62. The molecule has 0 radical (unpaired) electrons. The van der Waals surface area contributed by atoms with E-state index in [-0.39, 0.29) is 60.1 Å². The van der Waals surface area contributed by atoms with Crippen LogP contribution in [0.2, 0.25) is 20.4 Å². The van der Waals surface area contributed by atoms with Gasteiger partial charge in [0, 0.05) is 25.2 Å². The lowest BCUT2D eigenvalue weighted by molar-refractivity contribution is 0.101. The van der Waals surface area contributed by atoms with Crippen molar-refractivity contribution in [1.29, 1.82) is 0 Å². The molecule has 46 heavy (non-hydrogen) atoms. The standard InChI is InChI=1S/C30H22Cl4N8O4/c1-12-5-16(22(43)7-14(12)19-10-40(3)38-36-19)27(45)21-9-18(31)30(34)42(21)26-24(32)29(33)35-25(26)28(46)17-6-13(2)15(8-23(17)44)20-11-41(4)39-37-20/h5-11,35,43-44H,1-4H3. The second kappa shape index (κ2) is 11.6. The number of ketones is 2. The summed E-state index contributed by atoms with van der Waals surface area (Å²) in [5.74, 6) is -2.07. The number of carbonyl (C=O) groups excluding carboxylic acids is 2. The SMILES string of the molecule is Cc1cc(C(=O)c2[nH]c(Cl)c(Cl)c2-n2c(C(=O)c3cc(C)c(-c4cn(C)nn4)cc3O)cc(Cl)c2Cl)c(O)cc1-c1cn(C)nn1. The predicted molar refractivity (Wildman–Crippen MR) is 173 cm³/mol. The highest BCUT2D eigenvalue weighted by Crippen LogP contribution is 2.41. The summed E-state index contributed by atoms with van der Waals surface area (Å²) in [7, 11) is 3.42. The Morgan fingerprint density at radius 1 is 0.761 bits per heavy atom. The molecule has 0 aliphatic carbocycles. The molecular formula is C30H22Cl4N8O4. The number of nitrogens with one attached hydrogen (secondary N) is 1. The van der Waals surface area contributed by atoms with Crippen molar-refractivity contribution >= 4 is 58.0 Å². The van der Waals surface area contributed by atoms with Crippen LogP contribution in [0.1, 0.15) is 43.2 Å². The quantitative estimate of drug-likeness (QED) is 0.159. The summed E-state index contributed by atoms with van der Waals surface area (Å²) in [4.78, 5) is 30.8. The first-order valence-corrected chi connectivity index (χ1v) is 14.9. The molecular weight excluding hydrogens is 678 g/mol. The number of benzene rings is 2. The van der Waals surface area contributed by atoms with E-state index in [0.29, 0.717) is 33.6 Å². The lowest BCUT2D eigenvalue weighted by atomic mass is 9.97. The first kappa shape index (κ1) is 31.4. The number of nitrogens with zero attached hydrogens (tertiary/aromatic N) is 7. The molecule has 0 spiro atoms. The van der Waals surface area contributed by atoms with E-state index in [2.05, 4.69) is 25.6 Å². The molecule has 0 fully saturated rings. The Bertz CT molecular complexity index is 2070. The van der Waals surface area contributed by atoms with Crippen molar-refractivity contribution in [3.05, 3.63) is 96.7 Å². The maximum Gasteiger partial charge on any atom is 0.215 e. The number of hydrogen-bond donors (Lipinski definition) is 3. The molecule has 6 aromatic rings. The molecule has 12 nitrogen and oxygen atoms in total. The number of rotatable bonds is 7. The molecule has 0 saturated heterocycles. The van der Waals surface area contributed by atoms with Crippen LogP contribution in [0.15, 0.2) is 42.7 Å². The molecule has 3 N–H and O–H groups in total. The van der Waals surface area contributed by atoms with Crippen LogP contribution >= 0.6 is 46.4 Å². The van der Waals surface area contributed by atoms with Crippen LogP contribution in [0.25, 0.3) is 28.2 Å². The van der Waals surface area contributed by atoms with Crippen LogP contribution in [0, 0.1) is 13.8 Å². The van der Waals surface area contributed by atoms with E-state index in [1.807, 2.05) is 0 Å². The van der Waals surface area contributed by atoms with Gasteiger partial charge in [-0.05, 0) is 55.3 Å². The van der Waals surface area contributed by atoms with E-state index in [0.717, 1.165) is 0 Å². The zero-order chi connectivity index (χ0) is 33.2. The molecule has 16 heteroatoms. The molecule has 2 aromatic carbocycles. The maximum absolute atomic E-state index is 14.0. The van der Waals surface area contributed by atoms with Gasteiger partial charge in [0.15, 0.2) is 0 Å². The number of aryl methyl sites for hydroxylation is 4. The van der Waals surface area contributed by atoms with Gasteiger partial charge in [-0.3, -0.25) is 23.5 Å². The fourth-order valence-corrected chi connectivity index (χ4v) is 6.01. The smallest absolute Gasteiger partial charge is 0.215 e. The van der Waals surface area contributed by atoms with Gasteiger partial charge in [-0.25, -0.2) is 0 Å². The van der Waals surface area contributed by atoms with Crippen LogP contribution < -0.4 is 0 Å². The minimum absolute atomic E-state index is 0.0313. The molecule has 0 bridgehead atoms. The minimum Gasteiger partial charge on any atom is -0.507 e. The number of halogens is 4. The Morgan fingerprint density at radius 3 is 1.74 bits per heavy atom. The maximum atomic E-state index is 14.0. The van der Waals surface area contributed by atoms with Gasteiger partial charge in [0.25, 0.3) is 0 Å². The number of aromatic amines is 1. The summed E-state index contributed by atoms with van der Waals surface area (Å²) >= 11 is 26.0. The monoisotopic (exact) mass is 698 g/mol. The van der Waals surface area contributed by atoms with E-state index < -0.39 is 11.6 Å². The molecule has 0 saturated carbocycles. The molecule has 0 amide bonds. The van der Waals surface area contributed by atoms with E-state index in [1.54, 1.807) is 40.3 Å². The number of hydrogen-bond acceptors (Lipinski definition) is 8. The first-order valence-electron chi connectivity index (χ1n) is 13.4. The topological polar surface area (TPSA) is 157 Å². The van der Waals surface area contributed by atoms with Crippen molar-refractivity contribution in [2.45, 2.75) is 13.8 Å². The van der Waals surface area contributed by atoms with Crippen LogP contribution in [0.3, 0.4) is 0 Å². The van der Waals surface area contributed by atoms with E-state index in [9.17, 15) is 19.8 Å². The number of H-pyrrole nitrogens is 1. The van der Waals surface area contributed by atoms with Crippen molar-refractivity contribution in [3.8, 4) is 39.7 Å². The fraction of sp³-hybridized carbons (Fsp3) is 0.133. The largest absolute Gasteiger partial charge is 0.507 e. The zero-order valence-corrected chi connectivity index (χ0v) is 27.4.